The van der Waals surface area contributed by atoms with E-state index in [0.29, 0.717) is 0 Å². The lowest BCUT2D eigenvalue weighted by Gasteiger charge is -2.01. The van der Waals surface area contributed by atoms with Crippen LogP contribution in [-0.4, -0.2) is 21.6 Å². The quantitative estimate of drug-likeness (QED) is 0.729. The van der Waals surface area contributed by atoms with E-state index in [1.807, 2.05) is 12.1 Å². The van der Waals surface area contributed by atoms with Gasteiger partial charge >= 0.3 is 5.69 Å². The first-order valence-corrected chi connectivity index (χ1v) is 4.21. The van der Waals surface area contributed by atoms with E-state index in [1.54, 1.807) is 25.6 Å². The lowest BCUT2D eigenvalue weighted by Crippen LogP contribution is -2.14. The molecule has 0 aliphatic carbocycles. The molecule has 0 unspecified atom stereocenters. The van der Waals surface area contributed by atoms with Crippen LogP contribution in [-0.2, 0) is 0 Å². The fourth-order valence-corrected chi connectivity index (χ4v) is 1.20. The summed E-state index contributed by atoms with van der Waals surface area (Å²) in [5.74, 6) is 0.775. The summed E-state index contributed by atoms with van der Waals surface area (Å²) in [6.07, 6.45) is 4.90. The molecular weight excluding hydrogens is 180 g/mol. The minimum atomic E-state index is -0.163. The molecule has 0 aromatic carbocycles. The molecule has 5 nitrogen and oxygen atoms in total. The van der Waals surface area contributed by atoms with E-state index in [2.05, 4.69) is 15.3 Å². The number of aromatic amines is 1. The van der Waals surface area contributed by atoms with Crippen LogP contribution in [0.25, 0.3) is 5.69 Å². The summed E-state index contributed by atoms with van der Waals surface area (Å²) in [7, 11) is 1.80. The Morgan fingerprint density at radius 2 is 2.36 bits per heavy atom. The minimum Gasteiger partial charge on any atom is -0.373 e. The monoisotopic (exact) mass is 190 g/mol. The summed E-state index contributed by atoms with van der Waals surface area (Å²) in [5, 5.41) is 2.91. The van der Waals surface area contributed by atoms with Gasteiger partial charge in [-0.05, 0) is 12.1 Å². The van der Waals surface area contributed by atoms with Crippen LogP contribution in [0.1, 0.15) is 0 Å². The van der Waals surface area contributed by atoms with Crippen LogP contribution in [0.2, 0.25) is 0 Å². The Morgan fingerprint density at radius 3 is 2.86 bits per heavy atom. The van der Waals surface area contributed by atoms with E-state index < -0.39 is 0 Å². The van der Waals surface area contributed by atoms with Crippen LogP contribution < -0.4 is 11.0 Å². The first kappa shape index (κ1) is 8.55. The molecule has 0 saturated carbocycles. The lowest BCUT2D eigenvalue weighted by molar-refractivity contribution is 0.976. The number of nitrogens with one attached hydrogen (secondary N) is 2. The maximum atomic E-state index is 11.2. The number of anilines is 1. The molecule has 0 aliphatic rings. The van der Waals surface area contributed by atoms with E-state index in [9.17, 15) is 4.79 Å². The summed E-state index contributed by atoms with van der Waals surface area (Å²) in [4.78, 5) is 17.9. The van der Waals surface area contributed by atoms with Gasteiger partial charge in [0.1, 0.15) is 5.82 Å². The highest BCUT2D eigenvalue weighted by atomic mass is 16.1. The number of aromatic nitrogens is 3. The second kappa shape index (κ2) is 3.37. The van der Waals surface area contributed by atoms with Crippen molar-refractivity contribution in [2.75, 3.05) is 12.4 Å². The highest BCUT2D eigenvalue weighted by molar-refractivity contribution is 5.39. The average Bonchev–Trinajstić information content (AvgIpc) is 2.65. The molecule has 2 aromatic heterocycles. The predicted octanol–water partition coefficient (Wildman–Crippen LogP) is 0.602. The molecule has 0 spiro atoms. The average molecular weight is 190 g/mol. The number of rotatable bonds is 2. The largest absolute Gasteiger partial charge is 0.373 e. The van der Waals surface area contributed by atoms with Gasteiger partial charge in [-0.1, -0.05) is 0 Å². The highest BCUT2D eigenvalue weighted by Crippen LogP contribution is 2.06. The molecule has 72 valence electrons. The van der Waals surface area contributed by atoms with Gasteiger partial charge in [-0.3, -0.25) is 4.57 Å². The number of H-pyrrole nitrogens is 1. The second-order valence-corrected chi connectivity index (χ2v) is 2.79. The Morgan fingerprint density at radius 1 is 1.50 bits per heavy atom. The molecule has 5 heteroatoms. The summed E-state index contributed by atoms with van der Waals surface area (Å²) >= 11 is 0. The molecule has 0 atom stereocenters. The van der Waals surface area contributed by atoms with Crippen molar-refractivity contribution in [3.8, 4) is 5.69 Å². The van der Waals surface area contributed by atoms with Crippen LogP contribution in [0.5, 0.6) is 0 Å². The van der Waals surface area contributed by atoms with Gasteiger partial charge in [-0.15, -0.1) is 0 Å². The van der Waals surface area contributed by atoms with Gasteiger partial charge in [0.15, 0.2) is 0 Å². The topological polar surface area (TPSA) is 62.7 Å². The van der Waals surface area contributed by atoms with Crippen molar-refractivity contribution < 1.29 is 0 Å². The Labute approximate surface area is 80.4 Å². The molecule has 0 saturated heterocycles. The zero-order valence-electron chi connectivity index (χ0n) is 7.69. The standard InChI is InChI=1S/C9H10N4O/c1-10-8-3-2-7(6-12-8)13-5-4-11-9(13)14/h2-6H,1H3,(H,10,12)(H,11,14). The smallest absolute Gasteiger partial charge is 0.330 e. The third-order valence-corrected chi connectivity index (χ3v) is 1.93. The van der Waals surface area contributed by atoms with Crippen molar-refractivity contribution in [2.24, 2.45) is 0 Å². The van der Waals surface area contributed by atoms with E-state index in [1.165, 1.54) is 4.57 Å². The molecule has 2 rings (SSSR count). The number of imidazole rings is 1. The fourth-order valence-electron chi connectivity index (χ4n) is 1.20. The van der Waals surface area contributed by atoms with Crippen LogP contribution in [0.4, 0.5) is 5.82 Å². The van der Waals surface area contributed by atoms with Crippen LogP contribution in [0.15, 0.2) is 35.5 Å². The van der Waals surface area contributed by atoms with Crippen molar-refractivity contribution in [2.45, 2.75) is 0 Å². The molecule has 0 aliphatic heterocycles. The van der Waals surface area contributed by atoms with Crippen LogP contribution >= 0.6 is 0 Å². The molecule has 2 heterocycles. The van der Waals surface area contributed by atoms with Crippen molar-refractivity contribution in [1.29, 1.82) is 0 Å². The molecule has 0 bridgehead atoms. The Kier molecular flexibility index (Phi) is 2.06. The first-order valence-electron chi connectivity index (χ1n) is 4.21. The first-order chi connectivity index (χ1) is 6.81. The SMILES string of the molecule is CNc1ccc(-n2cc[nH]c2=O)cn1. The number of hydrogen-bond donors (Lipinski definition) is 2. The normalized spacial score (nSPS) is 10.1. The van der Waals surface area contributed by atoms with E-state index >= 15 is 0 Å². The number of pyridine rings is 1. The van der Waals surface area contributed by atoms with Gasteiger partial charge in [-0.2, -0.15) is 0 Å². The van der Waals surface area contributed by atoms with E-state index in [4.69, 9.17) is 0 Å². The zero-order chi connectivity index (χ0) is 9.97. The molecular formula is C9H10N4O. The molecule has 0 radical (unpaired) electrons. The lowest BCUT2D eigenvalue weighted by atomic mass is 10.4. The number of nitrogens with zero attached hydrogens (tertiary/aromatic N) is 2. The fraction of sp³-hybridized carbons (Fsp3) is 0.111. The molecule has 2 aromatic rings. The van der Waals surface area contributed by atoms with Crippen LogP contribution in [0.3, 0.4) is 0 Å². The highest BCUT2D eigenvalue weighted by Gasteiger charge is 1.99. The van der Waals surface area contributed by atoms with Gasteiger partial charge in [0, 0.05) is 19.4 Å². The zero-order valence-corrected chi connectivity index (χ0v) is 7.69. The van der Waals surface area contributed by atoms with Gasteiger partial charge < -0.3 is 10.3 Å². The molecule has 2 N–H and O–H groups in total. The summed E-state index contributed by atoms with van der Waals surface area (Å²) < 4.78 is 1.49. The maximum absolute atomic E-state index is 11.2. The third kappa shape index (κ3) is 1.39. The van der Waals surface area contributed by atoms with Crippen molar-refractivity contribution in [1.82, 2.24) is 14.5 Å². The summed E-state index contributed by atoms with van der Waals surface area (Å²) in [6.45, 7) is 0. The van der Waals surface area contributed by atoms with Gasteiger partial charge in [0.05, 0.1) is 11.9 Å². The summed E-state index contributed by atoms with van der Waals surface area (Å²) in [6, 6.07) is 3.64. The van der Waals surface area contributed by atoms with Gasteiger partial charge in [0.25, 0.3) is 0 Å². The van der Waals surface area contributed by atoms with Gasteiger partial charge in [0.2, 0.25) is 0 Å². The predicted molar refractivity (Wildman–Crippen MR) is 53.7 cm³/mol. The van der Waals surface area contributed by atoms with Crippen molar-refractivity contribution in [3.63, 3.8) is 0 Å². The Bertz CT molecular complexity index is 468. The third-order valence-electron chi connectivity index (χ3n) is 1.93. The van der Waals surface area contributed by atoms with E-state index in [-0.39, 0.29) is 5.69 Å². The maximum Gasteiger partial charge on any atom is 0.330 e. The van der Waals surface area contributed by atoms with Crippen molar-refractivity contribution in [3.05, 3.63) is 41.2 Å². The van der Waals surface area contributed by atoms with Gasteiger partial charge in [-0.25, -0.2) is 9.78 Å². The second-order valence-electron chi connectivity index (χ2n) is 2.79. The Balaban J connectivity index is 2.44. The van der Waals surface area contributed by atoms with E-state index in [0.717, 1.165) is 11.5 Å². The summed E-state index contributed by atoms with van der Waals surface area (Å²) in [5.41, 5.74) is 0.583. The van der Waals surface area contributed by atoms with Crippen molar-refractivity contribution >= 4 is 5.82 Å². The Hall–Kier alpha value is -2.04. The minimum absolute atomic E-state index is 0.163. The molecule has 14 heavy (non-hydrogen) atoms. The molecule has 0 amide bonds. The molecule has 0 fully saturated rings. The number of hydrogen-bond acceptors (Lipinski definition) is 3. The van der Waals surface area contributed by atoms with Crippen LogP contribution in [0, 0.1) is 0 Å².